The van der Waals surface area contributed by atoms with Gasteiger partial charge in [0.2, 0.25) is 5.95 Å². The van der Waals surface area contributed by atoms with Crippen molar-refractivity contribution in [3.05, 3.63) is 64.2 Å². The molecule has 6 rings (SSSR count). The number of fused-ring (bicyclic) bond motifs is 2. The first kappa shape index (κ1) is 26.4. The number of hydrogen-bond donors (Lipinski definition) is 3. The smallest absolute Gasteiger partial charge is 0.326 e. The standard InChI is InChI=1S/C28H31N7O4S/c1-28(2,38)17-35-22-16-21-19(15-20(22)31-27(35)37)30-26(34(21)10-9-33-11-13-39-14-12-33)32-25(36)24-4-3-23(40-24)18-5-7-29-8-6-18/h3-8,15-16,38H,9-14,17H2,1-2H3,(H,31,37)(H,30,32,36). The topological polar surface area (TPSA) is 130 Å². The lowest BCUT2D eigenvalue weighted by Crippen LogP contribution is -2.38. The molecule has 0 radical (unpaired) electrons. The molecule has 5 heterocycles. The SMILES string of the molecule is CC(C)(O)Cn1c(=O)[nH]c2cc3nc(NC(=O)c4ccc(-c5ccncc5)s4)n(CCN4CCOCC4)c3cc21. The molecule has 40 heavy (non-hydrogen) atoms. The van der Waals surface area contributed by atoms with Crippen molar-refractivity contribution in [3.8, 4) is 10.4 Å². The summed E-state index contributed by atoms with van der Waals surface area (Å²) in [7, 11) is 0. The predicted molar refractivity (Wildman–Crippen MR) is 155 cm³/mol. The van der Waals surface area contributed by atoms with Crippen LogP contribution in [0.4, 0.5) is 5.95 Å². The molecule has 3 N–H and O–H groups in total. The number of H-pyrrole nitrogens is 1. The monoisotopic (exact) mass is 561 g/mol. The van der Waals surface area contributed by atoms with Gasteiger partial charge in [-0.2, -0.15) is 0 Å². The number of pyridine rings is 1. The number of rotatable bonds is 8. The molecule has 1 aliphatic heterocycles. The van der Waals surface area contributed by atoms with Crippen molar-refractivity contribution in [2.75, 3.05) is 38.2 Å². The van der Waals surface area contributed by atoms with Crippen LogP contribution in [0.1, 0.15) is 23.5 Å². The Bertz CT molecular complexity index is 1720. The van der Waals surface area contributed by atoms with Gasteiger partial charge in [-0.15, -0.1) is 11.3 Å². The van der Waals surface area contributed by atoms with Crippen LogP contribution >= 0.6 is 11.3 Å². The number of amides is 1. The van der Waals surface area contributed by atoms with Crippen LogP contribution in [-0.2, 0) is 17.8 Å². The van der Waals surface area contributed by atoms with Crippen LogP contribution in [0.5, 0.6) is 0 Å². The number of carbonyl (C=O) groups is 1. The zero-order valence-corrected chi connectivity index (χ0v) is 23.2. The first-order chi connectivity index (χ1) is 19.2. The third kappa shape index (κ3) is 5.43. The number of benzene rings is 1. The fraction of sp³-hybridized carbons (Fsp3) is 0.357. The molecule has 1 aliphatic rings. The van der Waals surface area contributed by atoms with E-state index in [1.165, 1.54) is 11.3 Å². The van der Waals surface area contributed by atoms with Crippen LogP contribution in [0.15, 0.2) is 53.6 Å². The fourth-order valence-corrected chi connectivity index (χ4v) is 5.91. The highest BCUT2D eigenvalue weighted by Crippen LogP contribution is 2.29. The second kappa shape index (κ2) is 10.6. The average molecular weight is 562 g/mol. The summed E-state index contributed by atoms with van der Waals surface area (Å²) in [5.41, 5.74) is 2.39. The summed E-state index contributed by atoms with van der Waals surface area (Å²) in [4.78, 5) is 41.6. The molecule has 1 aromatic carbocycles. The zero-order chi connectivity index (χ0) is 27.9. The van der Waals surface area contributed by atoms with Crippen molar-refractivity contribution in [1.29, 1.82) is 0 Å². The fourth-order valence-electron chi connectivity index (χ4n) is 5.00. The maximum absolute atomic E-state index is 13.4. The minimum absolute atomic E-state index is 0.140. The van der Waals surface area contributed by atoms with Gasteiger partial charge in [0.05, 0.1) is 52.3 Å². The molecule has 208 valence electrons. The number of aliphatic hydroxyl groups is 1. The molecule has 0 spiro atoms. The quantitative estimate of drug-likeness (QED) is 0.265. The maximum Gasteiger partial charge on any atom is 0.326 e. The zero-order valence-electron chi connectivity index (χ0n) is 22.4. The van der Waals surface area contributed by atoms with Crippen molar-refractivity contribution >= 4 is 45.3 Å². The molecule has 5 aromatic rings. The van der Waals surface area contributed by atoms with Crippen molar-refractivity contribution in [2.45, 2.75) is 32.5 Å². The minimum atomic E-state index is -1.07. The van der Waals surface area contributed by atoms with Gasteiger partial charge in [-0.1, -0.05) is 0 Å². The normalized spacial score (nSPS) is 14.8. The molecule has 0 unspecified atom stereocenters. The van der Waals surface area contributed by atoms with E-state index >= 15 is 0 Å². The van der Waals surface area contributed by atoms with Gasteiger partial charge >= 0.3 is 5.69 Å². The molecular weight excluding hydrogens is 530 g/mol. The minimum Gasteiger partial charge on any atom is -0.389 e. The molecule has 0 aliphatic carbocycles. The van der Waals surface area contributed by atoms with Crippen LogP contribution in [0.3, 0.4) is 0 Å². The number of nitrogens with one attached hydrogen (secondary N) is 2. The molecule has 0 saturated carbocycles. The van der Waals surface area contributed by atoms with Gasteiger partial charge in [0.1, 0.15) is 0 Å². The Labute approximate surface area is 234 Å². The Kier molecular flexibility index (Phi) is 7.00. The third-order valence-electron chi connectivity index (χ3n) is 6.95. The molecule has 4 aromatic heterocycles. The van der Waals surface area contributed by atoms with Gasteiger partial charge in [0, 0.05) is 43.4 Å². The predicted octanol–water partition coefficient (Wildman–Crippen LogP) is 3.16. The van der Waals surface area contributed by atoms with Crippen LogP contribution in [0.25, 0.3) is 32.5 Å². The van der Waals surface area contributed by atoms with Gasteiger partial charge in [-0.05, 0) is 55.8 Å². The Morgan fingerprint density at radius 3 is 2.62 bits per heavy atom. The van der Waals surface area contributed by atoms with E-state index in [0.29, 0.717) is 47.1 Å². The number of nitrogens with zero attached hydrogens (tertiary/aromatic N) is 5. The summed E-state index contributed by atoms with van der Waals surface area (Å²) < 4.78 is 9.03. The number of carbonyl (C=O) groups excluding carboxylic acids is 1. The Morgan fingerprint density at radius 1 is 1.10 bits per heavy atom. The lowest BCUT2D eigenvalue weighted by Gasteiger charge is -2.27. The number of aromatic amines is 1. The average Bonchev–Trinajstić information content (AvgIpc) is 3.63. The van der Waals surface area contributed by atoms with E-state index in [1.807, 2.05) is 41.0 Å². The van der Waals surface area contributed by atoms with E-state index in [2.05, 4.69) is 20.2 Å². The summed E-state index contributed by atoms with van der Waals surface area (Å²) in [5.74, 6) is 0.203. The van der Waals surface area contributed by atoms with Crippen molar-refractivity contribution in [2.24, 2.45) is 0 Å². The molecule has 11 nitrogen and oxygen atoms in total. The first-order valence-corrected chi connectivity index (χ1v) is 14.0. The summed E-state index contributed by atoms with van der Waals surface area (Å²) in [6.07, 6.45) is 3.46. The third-order valence-corrected chi connectivity index (χ3v) is 8.08. The summed E-state index contributed by atoms with van der Waals surface area (Å²) >= 11 is 1.41. The van der Waals surface area contributed by atoms with E-state index in [0.717, 1.165) is 35.6 Å². The second-order valence-electron chi connectivity index (χ2n) is 10.6. The highest BCUT2D eigenvalue weighted by molar-refractivity contribution is 7.17. The molecule has 1 amide bonds. The summed E-state index contributed by atoms with van der Waals surface area (Å²) in [6, 6.07) is 11.3. The Balaban J connectivity index is 1.36. The number of anilines is 1. The van der Waals surface area contributed by atoms with Gasteiger partial charge in [0.15, 0.2) is 0 Å². The van der Waals surface area contributed by atoms with E-state index in [9.17, 15) is 14.7 Å². The molecular formula is C28H31N7O4S. The first-order valence-electron chi connectivity index (χ1n) is 13.2. The number of aromatic nitrogens is 5. The van der Waals surface area contributed by atoms with E-state index < -0.39 is 5.60 Å². The van der Waals surface area contributed by atoms with Gasteiger partial charge < -0.3 is 19.4 Å². The van der Waals surface area contributed by atoms with E-state index in [1.54, 1.807) is 30.8 Å². The Hall–Kier alpha value is -3.84. The van der Waals surface area contributed by atoms with Gasteiger partial charge in [0.25, 0.3) is 5.91 Å². The lowest BCUT2D eigenvalue weighted by molar-refractivity contribution is 0.0366. The lowest BCUT2D eigenvalue weighted by atomic mass is 10.1. The van der Waals surface area contributed by atoms with Crippen molar-refractivity contribution in [1.82, 2.24) is 29.0 Å². The van der Waals surface area contributed by atoms with E-state index in [4.69, 9.17) is 9.72 Å². The summed E-state index contributed by atoms with van der Waals surface area (Å²) in [6.45, 7) is 7.89. The van der Waals surface area contributed by atoms with Crippen LogP contribution in [0.2, 0.25) is 0 Å². The second-order valence-corrected chi connectivity index (χ2v) is 11.7. The number of morpholine rings is 1. The summed E-state index contributed by atoms with van der Waals surface area (Å²) in [5, 5.41) is 13.4. The van der Waals surface area contributed by atoms with E-state index in [-0.39, 0.29) is 18.1 Å². The number of thiophene rings is 1. The Morgan fingerprint density at radius 2 is 1.88 bits per heavy atom. The van der Waals surface area contributed by atoms with Gasteiger partial charge in [-0.3, -0.25) is 24.6 Å². The number of hydrogen-bond acceptors (Lipinski definition) is 8. The highest BCUT2D eigenvalue weighted by Gasteiger charge is 2.22. The maximum atomic E-state index is 13.4. The van der Waals surface area contributed by atoms with Crippen LogP contribution in [0, 0.1) is 0 Å². The van der Waals surface area contributed by atoms with Crippen LogP contribution < -0.4 is 11.0 Å². The van der Waals surface area contributed by atoms with Crippen molar-refractivity contribution < 1.29 is 14.6 Å². The number of imidazole rings is 2. The highest BCUT2D eigenvalue weighted by atomic mass is 32.1. The van der Waals surface area contributed by atoms with Crippen LogP contribution in [-0.4, -0.2) is 78.4 Å². The van der Waals surface area contributed by atoms with Gasteiger partial charge in [-0.25, -0.2) is 9.78 Å². The molecule has 12 heteroatoms. The largest absolute Gasteiger partial charge is 0.389 e. The van der Waals surface area contributed by atoms with Crippen molar-refractivity contribution in [3.63, 3.8) is 0 Å². The molecule has 1 fully saturated rings. The molecule has 0 atom stereocenters. The molecule has 0 bridgehead atoms. The number of ether oxygens (including phenoxy) is 1. The molecule has 1 saturated heterocycles.